The van der Waals surface area contributed by atoms with Crippen LogP contribution in [-0.4, -0.2) is 29.2 Å². The van der Waals surface area contributed by atoms with E-state index in [-0.39, 0.29) is 21.6 Å². The van der Waals surface area contributed by atoms with Gasteiger partial charge in [-0.05, 0) is 18.2 Å². The van der Waals surface area contributed by atoms with E-state index >= 15 is 0 Å². The molecule has 3 rings (SSSR count). The van der Waals surface area contributed by atoms with Gasteiger partial charge < -0.3 is 0 Å². The van der Waals surface area contributed by atoms with Crippen LogP contribution in [0.4, 0.5) is 4.39 Å². The van der Waals surface area contributed by atoms with E-state index in [1.807, 2.05) is 0 Å². The van der Waals surface area contributed by atoms with Gasteiger partial charge in [0.2, 0.25) is 0 Å². The van der Waals surface area contributed by atoms with E-state index in [2.05, 4.69) is 9.97 Å². The molecule has 0 unspecified atom stereocenters. The van der Waals surface area contributed by atoms with Crippen LogP contribution in [0.2, 0.25) is 5.15 Å². The zero-order valence-electron chi connectivity index (χ0n) is 11.7. The predicted molar refractivity (Wildman–Crippen MR) is 83.2 cm³/mol. The van der Waals surface area contributed by atoms with Gasteiger partial charge in [-0.1, -0.05) is 23.7 Å². The number of hydrogen-bond acceptors (Lipinski definition) is 5. The summed E-state index contributed by atoms with van der Waals surface area (Å²) in [7, 11) is -3.61. The normalized spacial score (nSPS) is 11.8. The van der Waals surface area contributed by atoms with E-state index < -0.39 is 26.5 Å². The summed E-state index contributed by atoms with van der Waals surface area (Å²) in [4.78, 5) is 19.6. The largest absolute Gasteiger partial charge is 0.353 e. The third-order valence-electron chi connectivity index (χ3n) is 3.16. The van der Waals surface area contributed by atoms with Crippen LogP contribution in [-0.2, 0) is 9.84 Å². The fourth-order valence-corrected chi connectivity index (χ4v) is 3.19. The Kier molecular flexibility index (Phi) is 3.65. The van der Waals surface area contributed by atoms with Crippen LogP contribution in [0.1, 0.15) is 0 Å². The first kappa shape index (κ1) is 15.6. The first-order valence-electron chi connectivity index (χ1n) is 6.32. The van der Waals surface area contributed by atoms with Gasteiger partial charge in [0.05, 0.1) is 10.6 Å². The number of sulfone groups is 1. The summed E-state index contributed by atoms with van der Waals surface area (Å²) in [5, 5.41) is -0.205. The number of fused-ring (bicyclic) bond motifs is 1. The average Bonchev–Trinajstić information content (AvgIpc) is 2.48. The van der Waals surface area contributed by atoms with Gasteiger partial charge in [0.25, 0.3) is 0 Å². The van der Waals surface area contributed by atoms with Gasteiger partial charge in [-0.3, -0.25) is 0 Å². The van der Waals surface area contributed by atoms with Crippen molar-refractivity contribution in [1.82, 2.24) is 14.5 Å². The Morgan fingerprint density at radius 3 is 2.65 bits per heavy atom. The Morgan fingerprint density at radius 2 is 1.96 bits per heavy atom. The lowest BCUT2D eigenvalue weighted by Crippen LogP contribution is -2.23. The minimum Gasteiger partial charge on any atom is -0.245 e. The van der Waals surface area contributed by atoms with Crippen LogP contribution in [0.15, 0.2) is 46.2 Å². The molecule has 0 aliphatic carbocycles. The number of nitrogens with zero attached hydrogens (tertiary/aromatic N) is 3. The van der Waals surface area contributed by atoms with Crippen LogP contribution < -0.4 is 5.69 Å². The second-order valence-corrected chi connectivity index (χ2v) is 7.13. The molecule has 0 fully saturated rings. The van der Waals surface area contributed by atoms with Crippen LogP contribution in [0.5, 0.6) is 0 Å². The number of halogens is 2. The maximum absolute atomic E-state index is 13.5. The summed E-state index contributed by atoms with van der Waals surface area (Å²) < 4.78 is 38.4. The molecule has 0 atom stereocenters. The number of para-hydroxylation sites is 1. The Balaban J connectivity index is 2.49. The summed E-state index contributed by atoms with van der Waals surface area (Å²) in [6.07, 6.45) is 2.18. The van der Waals surface area contributed by atoms with E-state index in [9.17, 15) is 17.6 Å². The summed E-state index contributed by atoms with van der Waals surface area (Å²) in [5.41, 5.74) is -0.649. The van der Waals surface area contributed by atoms with Crippen molar-refractivity contribution < 1.29 is 12.8 Å². The van der Waals surface area contributed by atoms with Crippen molar-refractivity contribution in [2.24, 2.45) is 0 Å². The zero-order valence-corrected chi connectivity index (χ0v) is 13.3. The highest BCUT2D eigenvalue weighted by Crippen LogP contribution is 2.23. The molecule has 118 valence electrons. The molecule has 0 saturated heterocycles. The second kappa shape index (κ2) is 5.39. The van der Waals surface area contributed by atoms with Gasteiger partial charge in [-0.2, -0.15) is 0 Å². The van der Waals surface area contributed by atoms with Crippen molar-refractivity contribution >= 4 is 32.5 Å². The van der Waals surface area contributed by atoms with Gasteiger partial charge in [-0.15, -0.1) is 0 Å². The third-order valence-corrected chi connectivity index (χ3v) is 4.57. The minimum atomic E-state index is -3.61. The van der Waals surface area contributed by atoms with Crippen LogP contribution in [0.25, 0.3) is 16.7 Å². The molecule has 0 spiro atoms. The van der Waals surface area contributed by atoms with Gasteiger partial charge >= 0.3 is 5.69 Å². The molecule has 0 saturated carbocycles. The van der Waals surface area contributed by atoms with Crippen molar-refractivity contribution in [1.29, 1.82) is 0 Å². The summed E-state index contributed by atoms with van der Waals surface area (Å²) in [5.74, 6) is -0.762. The molecular weight excluding hydrogens is 345 g/mol. The zero-order chi connectivity index (χ0) is 16.8. The maximum Gasteiger partial charge on any atom is 0.353 e. The summed E-state index contributed by atoms with van der Waals surface area (Å²) in [6, 6.07) is 6.99. The highest BCUT2D eigenvalue weighted by molar-refractivity contribution is 7.90. The monoisotopic (exact) mass is 353 g/mol. The van der Waals surface area contributed by atoms with Crippen LogP contribution in [0, 0.1) is 5.82 Å². The predicted octanol–water partition coefficient (Wildman–Crippen LogP) is 1.98. The topological polar surface area (TPSA) is 81.9 Å². The SMILES string of the molecule is CS(=O)(=O)c1ccccc1-n1c(=O)ncc2cc(F)c(Cl)nc21. The molecule has 0 N–H and O–H groups in total. The van der Waals surface area contributed by atoms with E-state index in [0.717, 1.165) is 23.1 Å². The second-order valence-electron chi connectivity index (χ2n) is 4.79. The van der Waals surface area contributed by atoms with Crippen molar-refractivity contribution in [3.8, 4) is 5.69 Å². The molecule has 0 bridgehead atoms. The fraction of sp³-hybridized carbons (Fsp3) is 0.0714. The lowest BCUT2D eigenvalue weighted by atomic mass is 10.3. The van der Waals surface area contributed by atoms with E-state index in [1.165, 1.54) is 18.2 Å². The van der Waals surface area contributed by atoms with Gasteiger partial charge in [-0.25, -0.2) is 32.1 Å². The van der Waals surface area contributed by atoms with Crippen molar-refractivity contribution in [2.45, 2.75) is 4.90 Å². The van der Waals surface area contributed by atoms with Crippen LogP contribution >= 0.6 is 11.6 Å². The molecule has 6 nitrogen and oxygen atoms in total. The lowest BCUT2D eigenvalue weighted by molar-refractivity contribution is 0.601. The summed E-state index contributed by atoms with van der Waals surface area (Å²) in [6.45, 7) is 0. The Bertz CT molecular complexity index is 1100. The van der Waals surface area contributed by atoms with Gasteiger partial charge in [0.1, 0.15) is 0 Å². The van der Waals surface area contributed by atoms with Crippen LogP contribution in [0.3, 0.4) is 0 Å². The lowest BCUT2D eigenvalue weighted by Gasteiger charge is -2.12. The number of hydrogen-bond donors (Lipinski definition) is 0. The number of benzene rings is 1. The van der Waals surface area contributed by atoms with Gasteiger partial charge in [0.15, 0.2) is 26.5 Å². The minimum absolute atomic E-state index is 0.0208. The van der Waals surface area contributed by atoms with Crippen molar-refractivity contribution in [3.63, 3.8) is 0 Å². The van der Waals surface area contributed by atoms with Crippen molar-refractivity contribution in [3.05, 3.63) is 58.0 Å². The Hall–Kier alpha value is -2.32. The number of pyridine rings is 1. The fourth-order valence-electron chi connectivity index (χ4n) is 2.19. The Labute approximate surface area is 135 Å². The number of aromatic nitrogens is 3. The molecular formula is C14H9ClFN3O3S. The third kappa shape index (κ3) is 2.71. The molecule has 23 heavy (non-hydrogen) atoms. The standard InChI is InChI=1S/C14H9ClFN3O3S/c1-23(21,22)11-5-3-2-4-10(11)19-13-8(7-17-14(19)20)6-9(16)12(15)18-13/h2-7H,1H3. The smallest absolute Gasteiger partial charge is 0.245 e. The molecule has 9 heteroatoms. The number of rotatable bonds is 2. The maximum atomic E-state index is 13.5. The first-order chi connectivity index (χ1) is 10.8. The first-order valence-corrected chi connectivity index (χ1v) is 8.59. The van der Waals surface area contributed by atoms with E-state index in [4.69, 9.17) is 11.6 Å². The molecule has 0 radical (unpaired) electrons. The van der Waals surface area contributed by atoms with E-state index in [0.29, 0.717) is 0 Å². The molecule has 0 aliphatic rings. The summed E-state index contributed by atoms with van der Waals surface area (Å²) >= 11 is 5.69. The molecule has 3 aromatic rings. The van der Waals surface area contributed by atoms with Crippen molar-refractivity contribution in [2.75, 3.05) is 6.26 Å². The van der Waals surface area contributed by atoms with E-state index in [1.54, 1.807) is 6.07 Å². The average molecular weight is 354 g/mol. The molecule has 1 aromatic carbocycles. The molecule has 0 aliphatic heterocycles. The highest BCUT2D eigenvalue weighted by Gasteiger charge is 2.18. The quantitative estimate of drug-likeness (QED) is 0.658. The van der Waals surface area contributed by atoms with Gasteiger partial charge in [0, 0.05) is 17.8 Å². The Morgan fingerprint density at radius 1 is 1.26 bits per heavy atom. The highest BCUT2D eigenvalue weighted by atomic mass is 35.5. The molecule has 2 heterocycles. The molecule has 2 aromatic heterocycles. The molecule has 0 amide bonds.